The Morgan fingerprint density at radius 3 is 2.80 bits per heavy atom. The Morgan fingerprint density at radius 2 is 2.07 bits per heavy atom. The number of hydrogen-bond acceptors (Lipinski definition) is 5. The summed E-state index contributed by atoms with van der Waals surface area (Å²) < 4.78 is 26.1. The molecule has 1 unspecified atom stereocenters. The molecule has 4 rings (SSSR count). The lowest BCUT2D eigenvalue weighted by Gasteiger charge is -2.30. The lowest BCUT2D eigenvalue weighted by molar-refractivity contribution is 0.333. The van der Waals surface area contributed by atoms with Gasteiger partial charge < -0.3 is 10.6 Å². The van der Waals surface area contributed by atoms with Crippen LogP contribution in [0.1, 0.15) is 36.5 Å². The van der Waals surface area contributed by atoms with E-state index in [4.69, 9.17) is 0 Å². The van der Waals surface area contributed by atoms with E-state index in [-0.39, 0.29) is 5.56 Å². The van der Waals surface area contributed by atoms with Crippen LogP contribution < -0.4 is 10.6 Å². The number of piperidine rings is 1. The SMILES string of the molecule is CC[S+](O)N1CCC(Nc2cc(-c3ccc(F)c(C#N)c3)cc3c2CNC=C3)CC1. The highest BCUT2D eigenvalue weighted by Gasteiger charge is 2.31. The maximum atomic E-state index is 13.8. The molecule has 2 aromatic carbocycles. The molecule has 1 atom stereocenters. The third-order valence-corrected chi connectivity index (χ3v) is 7.21. The molecule has 0 amide bonds. The topological polar surface area (TPSA) is 71.3 Å². The first kappa shape index (κ1) is 20.7. The second-order valence-electron chi connectivity index (χ2n) is 7.59. The van der Waals surface area contributed by atoms with E-state index >= 15 is 0 Å². The van der Waals surface area contributed by atoms with E-state index in [0.29, 0.717) is 6.04 Å². The molecule has 156 valence electrons. The fraction of sp³-hybridized carbons (Fsp3) is 0.348. The van der Waals surface area contributed by atoms with Crippen molar-refractivity contribution >= 4 is 23.1 Å². The van der Waals surface area contributed by atoms with Gasteiger partial charge in [0.25, 0.3) is 0 Å². The van der Waals surface area contributed by atoms with Crippen molar-refractivity contribution in [2.24, 2.45) is 0 Å². The minimum Gasteiger partial charge on any atom is -0.387 e. The average Bonchev–Trinajstić information content (AvgIpc) is 2.79. The summed E-state index contributed by atoms with van der Waals surface area (Å²) in [5.74, 6) is 0.275. The van der Waals surface area contributed by atoms with Gasteiger partial charge in [-0.2, -0.15) is 9.81 Å². The number of halogens is 1. The molecule has 2 aliphatic heterocycles. The van der Waals surface area contributed by atoms with Gasteiger partial charge in [0.15, 0.2) is 5.75 Å². The molecule has 2 heterocycles. The van der Waals surface area contributed by atoms with Gasteiger partial charge in [-0.05, 0) is 73.0 Å². The highest BCUT2D eigenvalue weighted by molar-refractivity contribution is 7.89. The molecule has 0 aromatic heterocycles. The first-order valence-electron chi connectivity index (χ1n) is 10.3. The van der Waals surface area contributed by atoms with Gasteiger partial charge in [-0.25, -0.2) is 4.39 Å². The lowest BCUT2D eigenvalue weighted by atomic mass is 9.94. The molecule has 30 heavy (non-hydrogen) atoms. The van der Waals surface area contributed by atoms with Crippen molar-refractivity contribution in [3.8, 4) is 17.2 Å². The summed E-state index contributed by atoms with van der Waals surface area (Å²) >= 11 is -0.631. The van der Waals surface area contributed by atoms with Crippen LogP contribution in [-0.2, 0) is 17.9 Å². The second kappa shape index (κ2) is 9.09. The number of anilines is 1. The predicted molar refractivity (Wildman–Crippen MR) is 121 cm³/mol. The molecule has 0 bridgehead atoms. The number of nitriles is 1. The zero-order valence-corrected chi connectivity index (χ0v) is 17.8. The molecule has 1 saturated heterocycles. The number of nitrogens with one attached hydrogen (secondary N) is 2. The molecule has 0 radical (unpaired) electrons. The summed E-state index contributed by atoms with van der Waals surface area (Å²) in [5.41, 5.74) is 5.24. The third kappa shape index (κ3) is 4.31. The van der Waals surface area contributed by atoms with Crippen LogP contribution in [0.4, 0.5) is 10.1 Å². The van der Waals surface area contributed by atoms with Crippen LogP contribution in [0.2, 0.25) is 0 Å². The largest absolute Gasteiger partial charge is 0.387 e. The molecular weight excluding hydrogens is 399 g/mol. The quantitative estimate of drug-likeness (QED) is 0.622. The number of rotatable bonds is 5. The van der Waals surface area contributed by atoms with Gasteiger partial charge >= 0.3 is 0 Å². The van der Waals surface area contributed by atoms with E-state index in [1.165, 1.54) is 11.6 Å². The molecule has 3 N–H and O–H groups in total. The zero-order chi connectivity index (χ0) is 21.1. The van der Waals surface area contributed by atoms with Gasteiger partial charge in [0.2, 0.25) is 11.4 Å². The lowest BCUT2D eigenvalue weighted by Crippen LogP contribution is -2.43. The van der Waals surface area contributed by atoms with Crippen molar-refractivity contribution in [3.05, 3.63) is 59.0 Å². The Morgan fingerprint density at radius 1 is 1.27 bits per heavy atom. The van der Waals surface area contributed by atoms with Crippen molar-refractivity contribution in [3.63, 3.8) is 0 Å². The van der Waals surface area contributed by atoms with E-state index in [1.54, 1.807) is 12.1 Å². The normalized spacial score (nSPS) is 17.7. The molecule has 0 aliphatic carbocycles. The van der Waals surface area contributed by atoms with Crippen LogP contribution in [-0.4, -0.2) is 33.7 Å². The van der Waals surface area contributed by atoms with Gasteiger partial charge in [0.05, 0.1) is 5.56 Å². The summed E-state index contributed by atoms with van der Waals surface area (Å²) in [6, 6.07) is 11.1. The van der Waals surface area contributed by atoms with Gasteiger partial charge in [0.1, 0.15) is 11.9 Å². The molecule has 5 nitrogen and oxygen atoms in total. The molecule has 0 saturated carbocycles. The van der Waals surface area contributed by atoms with Crippen molar-refractivity contribution in [2.75, 3.05) is 24.2 Å². The molecule has 7 heteroatoms. The molecule has 2 aliphatic rings. The Balaban J connectivity index is 1.61. The van der Waals surface area contributed by atoms with Crippen LogP contribution in [0.5, 0.6) is 0 Å². The van der Waals surface area contributed by atoms with Crippen LogP contribution in [0.15, 0.2) is 36.5 Å². The zero-order valence-electron chi connectivity index (χ0n) is 17.0. The van der Waals surface area contributed by atoms with Gasteiger partial charge in [-0.1, -0.05) is 10.4 Å². The summed E-state index contributed by atoms with van der Waals surface area (Å²) in [4.78, 5) is 0. The van der Waals surface area contributed by atoms with Crippen LogP contribution in [0.25, 0.3) is 17.2 Å². The summed E-state index contributed by atoms with van der Waals surface area (Å²) in [6.07, 6.45) is 5.93. The average molecular weight is 426 g/mol. The van der Waals surface area contributed by atoms with Crippen LogP contribution in [0, 0.1) is 17.1 Å². The predicted octanol–water partition coefficient (Wildman–Crippen LogP) is 4.34. The number of benzene rings is 2. The molecule has 0 spiro atoms. The molecular formula is C23H26FN4OS+. The fourth-order valence-electron chi connectivity index (χ4n) is 4.05. The van der Waals surface area contributed by atoms with Crippen molar-refractivity contribution in [1.82, 2.24) is 9.62 Å². The smallest absolute Gasteiger partial charge is 0.237 e. The van der Waals surface area contributed by atoms with Crippen LogP contribution in [0.3, 0.4) is 0 Å². The first-order valence-corrected chi connectivity index (χ1v) is 11.6. The Kier molecular flexibility index (Phi) is 6.28. The minimum atomic E-state index is -0.631. The number of nitrogens with zero attached hydrogens (tertiary/aromatic N) is 2. The van der Waals surface area contributed by atoms with Crippen molar-refractivity contribution in [2.45, 2.75) is 32.4 Å². The molecule has 2 aromatic rings. The fourth-order valence-corrected chi connectivity index (χ4v) is 5.05. The standard InChI is InChI=1S/C23H26FN4OS/c1-2-30(29)28-9-6-20(7-10-28)27-23-13-18(12-17-5-8-26-15-21(17)23)16-3-4-22(24)19(11-16)14-25/h3-5,8,11-13,20,26-27,29H,2,6-7,9-10,15H2,1H3/q+1. The third-order valence-electron chi connectivity index (χ3n) is 5.73. The highest BCUT2D eigenvalue weighted by atomic mass is 32.2. The maximum Gasteiger partial charge on any atom is 0.237 e. The van der Waals surface area contributed by atoms with E-state index in [0.717, 1.165) is 60.6 Å². The Hall–Kier alpha value is -2.53. The Labute approximate surface area is 179 Å². The molecule has 1 fully saturated rings. The van der Waals surface area contributed by atoms with Gasteiger partial charge in [-0.3, -0.25) is 0 Å². The van der Waals surface area contributed by atoms with E-state index in [9.17, 15) is 14.2 Å². The van der Waals surface area contributed by atoms with Gasteiger partial charge in [-0.15, -0.1) is 0 Å². The maximum absolute atomic E-state index is 13.8. The highest BCUT2D eigenvalue weighted by Crippen LogP contribution is 2.33. The second-order valence-corrected chi connectivity index (χ2v) is 9.36. The Bertz CT molecular complexity index is 995. The number of fused-ring (bicyclic) bond motifs is 1. The van der Waals surface area contributed by atoms with Crippen molar-refractivity contribution in [1.29, 1.82) is 5.26 Å². The van der Waals surface area contributed by atoms with Crippen molar-refractivity contribution < 1.29 is 8.94 Å². The van der Waals surface area contributed by atoms with E-state index < -0.39 is 17.2 Å². The number of hydrogen-bond donors (Lipinski definition) is 3. The first-order chi connectivity index (χ1) is 14.6. The van der Waals surface area contributed by atoms with E-state index in [1.807, 2.05) is 25.3 Å². The van der Waals surface area contributed by atoms with E-state index in [2.05, 4.69) is 27.1 Å². The summed E-state index contributed by atoms with van der Waals surface area (Å²) in [5, 5.41) is 16.2. The monoisotopic (exact) mass is 425 g/mol. The van der Waals surface area contributed by atoms with Crippen LogP contribution >= 0.6 is 0 Å². The van der Waals surface area contributed by atoms with Gasteiger partial charge in [0, 0.05) is 36.9 Å². The summed E-state index contributed by atoms with van der Waals surface area (Å²) in [6.45, 7) is 4.53. The summed E-state index contributed by atoms with van der Waals surface area (Å²) in [7, 11) is 0. The minimum absolute atomic E-state index is 0.0552.